The Balaban J connectivity index is 2.16. The molecule has 0 bridgehead atoms. The molecule has 0 unspecified atom stereocenters. The van der Waals surface area contributed by atoms with Crippen LogP contribution in [0.5, 0.6) is 0 Å². The van der Waals surface area contributed by atoms with Gasteiger partial charge in [-0.2, -0.15) is 0 Å². The van der Waals surface area contributed by atoms with Crippen LogP contribution < -0.4 is 0 Å². The second-order valence-corrected chi connectivity index (χ2v) is 7.34. The molecule has 2 aromatic rings. The second-order valence-electron chi connectivity index (χ2n) is 5.36. The van der Waals surface area contributed by atoms with Gasteiger partial charge in [0.25, 0.3) is 0 Å². The Labute approximate surface area is 137 Å². The molecule has 0 atom stereocenters. The Hall–Kier alpha value is -2.54. The molecule has 1 heterocycles. The smallest absolute Gasteiger partial charge is 0.339 e. The molecule has 24 heavy (non-hydrogen) atoms. The number of cyclic esters (lactones) is 1. The summed E-state index contributed by atoms with van der Waals surface area (Å²) in [6.45, 7) is -0.0949. The number of ether oxygens (including phenoxy) is 1. The van der Waals surface area contributed by atoms with Crippen LogP contribution in [0.3, 0.4) is 0 Å². The van der Waals surface area contributed by atoms with Crippen molar-refractivity contribution in [2.24, 2.45) is 0 Å². The number of carbonyl (C=O) groups excluding carboxylic acids is 1. The molecular weight excluding hydrogens is 338 g/mol. The fourth-order valence-electron chi connectivity index (χ4n) is 2.56. The number of sulfone groups is 1. The molecule has 0 aromatic heterocycles. The fourth-order valence-corrected chi connectivity index (χ4v) is 3.29. The van der Waals surface area contributed by atoms with Crippen molar-refractivity contribution in [3.05, 3.63) is 65.2 Å². The van der Waals surface area contributed by atoms with Crippen LogP contribution in [0.15, 0.2) is 47.4 Å². The second kappa shape index (κ2) is 5.83. The van der Waals surface area contributed by atoms with E-state index in [0.29, 0.717) is 16.7 Å². The summed E-state index contributed by atoms with van der Waals surface area (Å²) in [5.74, 6) is -2.07. The van der Waals surface area contributed by atoms with Gasteiger partial charge < -0.3 is 4.74 Å². The molecule has 0 amide bonds. The highest BCUT2D eigenvalue weighted by molar-refractivity contribution is 7.90. The maximum Gasteiger partial charge on any atom is 0.339 e. The lowest BCUT2D eigenvalue weighted by Gasteiger charge is -2.07. The summed E-state index contributed by atoms with van der Waals surface area (Å²) in [7, 11) is -3.69. The van der Waals surface area contributed by atoms with Crippen molar-refractivity contribution < 1.29 is 26.7 Å². The summed E-state index contributed by atoms with van der Waals surface area (Å²) < 4.78 is 55.5. The molecule has 7 heteroatoms. The largest absolute Gasteiger partial charge is 0.457 e. The lowest BCUT2D eigenvalue weighted by atomic mass is 9.96. The standard InChI is InChI=1S/C17H12F2O4S/c1-24(21,22)15-6-5-10(8-14(15)19)13-9-23-17(20)16(13)11-3-2-4-12(18)7-11/h2-8H,9H2,1H3. The molecule has 0 saturated carbocycles. The first-order valence-electron chi connectivity index (χ1n) is 6.93. The molecule has 2 aromatic carbocycles. The van der Waals surface area contributed by atoms with E-state index in [1.54, 1.807) is 6.07 Å². The van der Waals surface area contributed by atoms with E-state index in [1.807, 2.05) is 0 Å². The molecule has 0 N–H and O–H groups in total. The fraction of sp³-hybridized carbons (Fsp3) is 0.118. The number of hydrogen-bond donors (Lipinski definition) is 0. The van der Waals surface area contributed by atoms with E-state index < -0.39 is 32.3 Å². The Kier molecular flexibility index (Phi) is 3.96. The molecule has 3 rings (SSSR count). The average Bonchev–Trinajstić information content (AvgIpc) is 2.87. The van der Waals surface area contributed by atoms with Gasteiger partial charge in [-0.3, -0.25) is 0 Å². The van der Waals surface area contributed by atoms with Gasteiger partial charge in [-0.15, -0.1) is 0 Å². The van der Waals surface area contributed by atoms with Gasteiger partial charge in [0.2, 0.25) is 0 Å². The summed E-state index contributed by atoms with van der Waals surface area (Å²) in [5, 5.41) is 0. The highest BCUT2D eigenvalue weighted by Crippen LogP contribution is 2.34. The first-order valence-corrected chi connectivity index (χ1v) is 8.82. The van der Waals surface area contributed by atoms with Crippen LogP contribution >= 0.6 is 0 Å². The Morgan fingerprint density at radius 3 is 2.42 bits per heavy atom. The molecule has 0 aliphatic carbocycles. The van der Waals surface area contributed by atoms with Gasteiger partial charge in [-0.25, -0.2) is 22.0 Å². The van der Waals surface area contributed by atoms with Gasteiger partial charge in [0.05, 0.1) is 5.57 Å². The van der Waals surface area contributed by atoms with E-state index in [9.17, 15) is 22.0 Å². The highest BCUT2D eigenvalue weighted by Gasteiger charge is 2.28. The number of benzene rings is 2. The van der Waals surface area contributed by atoms with Gasteiger partial charge in [-0.05, 0) is 35.4 Å². The van der Waals surface area contributed by atoms with E-state index in [0.717, 1.165) is 18.4 Å². The number of esters is 1. The summed E-state index contributed by atoms with van der Waals surface area (Å²) in [6.07, 6.45) is 0.907. The van der Waals surface area contributed by atoms with E-state index in [1.165, 1.54) is 24.3 Å². The van der Waals surface area contributed by atoms with Gasteiger partial charge >= 0.3 is 5.97 Å². The van der Waals surface area contributed by atoms with Crippen LogP contribution in [0.25, 0.3) is 11.1 Å². The van der Waals surface area contributed by atoms with Gasteiger partial charge in [0.1, 0.15) is 23.1 Å². The van der Waals surface area contributed by atoms with E-state index in [2.05, 4.69) is 0 Å². The van der Waals surface area contributed by atoms with Crippen LogP contribution in [0.1, 0.15) is 11.1 Å². The number of hydrogen-bond acceptors (Lipinski definition) is 4. The van der Waals surface area contributed by atoms with Crippen molar-refractivity contribution in [3.8, 4) is 0 Å². The first-order chi connectivity index (χ1) is 11.3. The van der Waals surface area contributed by atoms with E-state index in [-0.39, 0.29) is 12.2 Å². The number of carbonyl (C=O) groups is 1. The van der Waals surface area contributed by atoms with Gasteiger partial charge in [0.15, 0.2) is 9.84 Å². The number of halogens is 2. The molecule has 0 radical (unpaired) electrons. The maximum absolute atomic E-state index is 14.1. The van der Waals surface area contributed by atoms with Crippen LogP contribution in [0, 0.1) is 11.6 Å². The predicted octanol–water partition coefficient (Wildman–Crippen LogP) is 2.84. The predicted molar refractivity (Wildman–Crippen MR) is 83.7 cm³/mol. The Morgan fingerprint density at radius 2 is 1.79 bits per heavy atom. The van der Waals surface area contributed by atoms with E-state index in [4.69, 9.17) is 4.74 Å². The van der Waals surface area contributed by atoms with Crippen molar-refractivity contribution in [2.45, 2.75) is 4.90 Å². The van der Waals surface area contributed by atoms with Crippen LogP contribution in [-0.2, 0) is 19.4 Å². The molecule has 1 aliphatic heterocycles. The molecule has 1 aliphatic rings. The molecule has 0 saturated heterocycles. The first kappa shape index (κ1) is 16.3. The minimum Gasteiger partial charge on any atom is -0.457 e. The lowest BCUT2D eigenvalue weighted by Crippen LogP contribution is -2.02. The van der Waals surface area contributed by atoms with Crippen LogP contribution in [0.4, 0.5) is 8.78 Å². The highest BCUT2D eigenvalue weighted by atomic mass is 32.2. The molecule has 0 spiro atoms. The van der Waals surface area contributed by atoms with Gasteiger partial charge in [-0.1, -0.05) is 18.2 Å². The van der Waals surface area contributed by atoms with Crippen LogP contribution in [-0.4, -0.2) is 27.2 Å². The van der Waals surface area contributed by atoms with Crippen LogP contribution in [0.2, 0.25) is 0 Å². The zero-order chi connectivity index (χ0) is 17.5. The number of rotatable bonds is 3. The molecule has 4 nitrogen and oxygen atoms in total. The third kappa shape index (κ3) is 2.94. The normalized spacial score (nSPS) is 14.9. The Bertz CT molecular complexity index is 978. The monoisotopic (exact) mass is 350 g/mol. The molecular formula is C17H12F2O4S. The summed E-state index contributed by atoms with van der Waals surface area (Å²) >= 11 is 0. The minimum atomic E-state index is -3.69. The summed E-state index contributed by atoms with van der Waals surface area (Å²) in [4.78, 5) is 11.6. The van der Waals surface area contributed by atoms with Crippen molar-refractivity contribution in [3.63, 3.8) is 0 Å². The lowest BCUT2D eigenvalue weighted by molar-refractivity contribution is -0.133. The Morgan fingerprint density at radius 1 is 1.04 bits per heavy atom. The van der Waals surface area contributed by atoms with Crippen molar-refractivity contribution in [1.82, 2.24) is 0 Å². The summed E-state index contributed by atoms with van der Waals surface area (Å²) in [6, 6.07) is 9.00. The zero-order valence-corrected chi connectivity index (χ0v) is 13.4. The SMILES string of the molecule is CS(=O)(=O)c1ccc(C2=C(c3cccc(F)c3)C(=O)OC2)cc1F. The topological polar surface area (TPSA) is 60.4 Å². The third-order valence-electron chi connectivity index (χ3n) is 3.65. The van der Waals surface area contributed by atoms with Crippen molar-refractivity contribution in [1.29, 1.82) is 0 Å². The third-order valence-corrected chi connectivity index (χ3v) is 4.78. The quantitative estimate of drug-likeness (QED) is 0.799. The average molecular weight is 350 g/mol. The minimum absolute atomic E-state index is 0.0949. The van der Waals surface area contributed by atoms with E-state index >= 15 is 0 Å². The van der Waals surface area contributed by atoms with Crippen molar-refractivity contribution in [2.75, 3.05) is 12.9 Å². The zero-order valence-electron chi connectivity index (χ0n) is 12.5. The van der Waals surface area contributed by atoms with Crippen molar-refractivity contribution >= 4 is 27.0 Å². The summed E-state index contributed by atoms with van der Waals surface area (Å²) in [5.41, 5.74) is 1.15. The maximum atomic E-state index is 14.1. The van der Waals surface area contributed by atoms with Gasteiger partial charge in [0, 0.05) is 11.8 Å². The molecule has 0 fully saturated rings. The molecule has 124 valence electrons.